The van der Waals surface area contributed by atoms with Gasteiger partial charge in [-0.3, -0.25) is 9.48 Å². The molecule has 0 spiro atoms. The quantitative estimate of drug-likeness (QED) is 0.392. The van der Waals surface area contributed by atoms with Crippen molar-refractivity contribution in [2.45, 2.75) is 6.54 Å². The molecule has 0 N–H and O–H groups in total. The number of benzene rings is 1. The van der Waals surface area contributed by atoms with E-state index in [1.807, 2.05) is 95.8 Å². The van der Waals surface area contributed by atoms with Crippen LogP contribution in [0.2, 0.25) is 0 Å². The SMILES string of the molecule is CN(Cc1cn(-c2ccccc2)nc1-c1cccs1)C(=O)c1cnn(C)c1-n1cccc1. The Bertz CT molecular complexity index is 1330. The fourth-order valence-corrected chi connectivity index (χ4v) is 4.50. The van der Waals surface area contributed by atoms with Crippen molar-refractivity contribution in [1.29, 1.82) is 0 Å². The molecule has 4 heterocycles. The molecular formula is C24H22N6OS. The molecule has 4 aromatic heterocycles. The molecule has 5 aromatic rings. The summed E-state index contributed by atoms with van der Waals surface area (Å²) in [4.78, 5) is 16.2. The summed E-state index contributed by atoms with van der Waals surface area (Å²) in [6.45, 7) is 0.429. The fraction of sp³-hybridized carbons (Fsp3) is 0.125. The lowest BCUT2D eigenvalue weighted by atomic mass is 10.2. The lowest BCUT2D eigenvalue weighted by molar-refractivity contribution is 0.0785. The predicted molar refractivity (Wildman–Crippen MR) is 125 cm³/mol. The van der Waals surface area contributed by atoms with E-state index in [4.69, 9.17) is 5.10 Å². The van der Waals surface area contributed by atoms with Crippen molar-refractivity contribution in [3.8, 4) is 22.1 Å². The number of aromatic nitrogens is 5. The minimum atomic E-state index is -0.0913. The second kappa shape index (κ2) is 8.32. The van der Waals surface area contributed by atoms with E-state index in [0.717, 1.165) is 27.6 Å². The van der Waals surface area contributed by atoms with E-state index in [2.05, 4.69) is 11.2 Å². The first-order valence-electron chi connectivity index (χ1n) is 10.2. The molecule has 0 radical (unpaired) electrons. The molecule has 8 heteroatoms. The summed E-state index contributed by atoms with van der Waals surface area (Å²) in [5, 5.41) is 11.2. The van der Waals surface area contributed by atoms with Gasteiger partial charge in [0.2, 0.25) is 0 Å². The molecule has 160 valence electrons. The van der Waals surface area contributed by atoms with Crippen LogP contribution in [0.1, 0.15) is 15.9 Å². The molecular weight excluding hydrogens is 420 g/mol. The summed E-state index contributed by atoms with van der Waals surface area (Å²) in [5.41, 5.74) is 3.41. The third kappa shape index (κ3) is 3.65. The van der Waals surface area contributed by atoms with Crippen LogP contribution in [-0.4, -0.2) is 42.0 Å². The van der Waals surface area contributed by atoms with Gasteiger partial charge < -0.3 is 9.47 Å². The average molecular weight is 443 g/mol. The van der Waals surface area contributed by atoms with Gasteiger partial charge in [-0.1, -0.05) is 24.3 Å². The highest BCUT2D eigenvalue weighted by Gasteiger charge is 2.23. The van der Waals surface area contributed by atoms with Gasteiger partial charge in [0, 0.05) is 44.8 Å². The van der Waals surface area contributed by atoms with E-state index in [-0.39, 0.29) is 5.91 Å². The highest BCUT2D eigenvalue weighted by Crippen LogP contribution is 2.29. The molecule has 0 fully saturated rings. The van der Waals surface area contributed by atoms with Crippen molar-refractivity contribution in [2.24, 2.45) is 7.05 Å². The Morgan fingerprint density at radius 2 is 1.84 bits per heavy atom. The molecule has 7 nitrogen and oxygen atoms in total. The molecule has 0 saturated carbocycles. The van der Waals surface area contributed by atoms with Crippen LogP contribution in [0, 0.1) is 0 Å². The summed E-state index contributed by atoms with van der Waals surface area (Å²) in [7, 11) is 3.65. The maximum absolute atomic E-state index is 13.4. The Balaban J connectivity index is 1.48. The maximum Gasteiger partial charge on any atom is 0.259 e. The van der Waals surface area contributed by atoms with Gasteiger partial charge >= 0.3 is 0 Å². The predicted octanol–water partition coefficient (Wildman–Crippen LogP) is 4.40. The van der Waals surface area contributed by atoms with Crippen LogP contribution in [0.4, 0.5) is 0 Å². The number of carbonyl (C=O) groups is 1. The van der Waals surface area contributed by atoms with Gasteiger partial charge in [-0.15, -0.1) is 11.3 Å². The number of aryl methyl sites for hydroxylation is 1. The average Bonchev–Trinajstić information content (AvgIpc) is 3.60. The van der Waals surface area contributed by atoms with Crippen LogP contribution < -0.4 is 0 Å². The summed E-state index contributed by atoms with van der Waals surface area (Å²) < 4.78 is 5.49. The second-order valence-electron chi connectivity index (χ2n) is 7.52. The Morgan fingerprint density at radius 1 is 1.06 bits per heavy atom. The largest absolute Gasteiger partial charge is 0.337 e. The molecule has 0 saturated heterocycles. The van der Waals surface area contributed by atoms with Gasteiger partial charge in [-0.2, -0.15) is 10.2 Å². The molecule has 5 rings (SSSR count). The highest BCUT2D eigenvalue weighted by atomic mass is 32.1. The Labute approximate surface area is 189 Å². The van der Waals surface area contributed by atoms with Crippen molar-refractivity contribution in [1.82, 2.24) is 29.0 Å². The number of amides is 1. The first-order valence-corrected chi connectivity index (χ1v) is 11.1. The lowest BCUT2D eigenvalue weighted by Gasteiger charge is -2.17. The van der Waals surface area contributed by atoms with E-state index in [1.165, 1.54) is 0 Å². The zero-order chi connectivity index (χ0) is 22.1. The van der Waals surface area contributed by atoms with Crippen molar-refractivity contribution in [3.05, 3.63) is 95.9 Å². The van der Waals surface area contributed by atoms with Crippen LogP contribution in [0.25, 0.3) is 22.1 Å². The number of rotatable bonds is 6. The normalized spacial score (nSPS) is 11.1. The van der Waals surface area contributed by atoms with Crippen molar-refractivity contribution >= 4 is 17.2 Å². The van der Waals surface area contributed by atoms with E-state index >= 15 is 0 Å². The fourth-order valence-electron chi connectivity index (χ4n) is 3.76. The molecule has 0 atom stereocenters. The van der Waals surface area contributed by atoms with E-state index in [1.54, 1.807) is 27.1 Å². The van der Waals surface area contributed by atoms with Gasteiger partial charge in [0.05, 0.1) is 16.8 Å². The van der Waals surface area contributed by atoms with Crippen LogP contribution in [0.5, 0.6) is 0 Å². The van der Waals surface area contributed by atoms with Crippen molar-refractivity contribution < 1.29 is 4.79 Å². The lowest BCUT2D eigenvalue weighted by Crippen LogP contribution is -2.27. The van der Waals surface area contributed by atoms with Crippen molar-refractivity contribution in [2.75, 3.05) is 7.05 Å². The Hall–Kier alpha value is -3.91. The van der Waals surface area contributed by atoms with Crippen LogP contribution in [0.3, 0.4) is 0 Å². The molecule has 0 aliphatic rings. The Kier molecular flexibility index (Phi) is 5.20. The zero-order valence-corrected chi connectivity index (χ0v) is 18.6. The maximum atomic E-state index is 13.4. The van der Waals surface area contributed by atoms with Gasteiger partial charge in [0.25, 0.3) is 5.91 Å². The summed E-state index contributed by atoms with van der Waals surface area (Å²) in [6.07, 6.45) is 7.45. The van der Waals surface area contributed by atoms with Gasteiger partial charge in [-0.05, 0) is 35.7 Å². The second-order valence-corrected chi connectivity index (χ2v) is 8.47. The first-order chi connectivity index (χ1) is 15.6. The van der Waals surface area contributed by atoms with Crippen molar-refractivity contribution in [3.63, 3.8) is 0 Å². The van der Waals surface area contributed by atoms with E-state index in [0.29, 0.717) is 12.1 Å². The number of thiophene rings is 1. The van der Waals surface area contributed by atoms with Crippen LogP contribution in [-0.2, 0) is 13.6 Å². The monoisotopic (exact) mass is 442 g/mol. The van der Waals surface area contributed by atoms with Gasteiger partial charge in [0.1, 0.15) is 17.1 Å². The number of hydrogen-bond donors (Lipinski definition) is 0. The summed E-state index contributed by atoms with van der Waals surface area (Å²) in [6, 6.07) is 17.9. The molecule has 0 unspecified atom stereocenters. The third-order valence-corrected chi connectivity index (χ3v) is 6.18. The smallest absolute Gasteiger partial charge is 0.259 e. The number of carbonyl (C=O) groups excluding carboxylic acids is 1. The summed E-state index contributed by atoms with van der Waals surface area (Å²) in [5.74, 6) is 0.650. The highest BCUT2D eigenvalue weighted by molar-refractivity contribution is 7.13. The van der Waals surface area contributed by atoms with Gasteiger partial charge in [-0.25, -0.2) is 4.68 Å². The number of hydrogen-bond acceptors (Lipinski definition) is 4. The molecule has 0 aliphatic heterocycles. The Morgan fingerprint density at radius 3 is 2.56 bits per heavy atom. The summed E-state index contributed by atoms with van der Waals surface area (Å²) >= 11 is 1.64. The van der Waals surface area contributed by atoms with Crippen LogP contribution in [0.15, 0.2) is 84.8 Å². The molecule has 32 heavy (non-hydrogen) atoms. The minimum absolute atomic E-state index is 0.0913. The standard InChI is InChI=1S/C24H22N6OS/c1-27(24(31)20-15-25-28(2)23(20)29-12-6-7-13-29)16-18-17-30(19-9-4-3-5-10-19)26-22(18)21-11-8-14-32-21/h3-15,17H,16H2,1-2H3. The number of para-hydroxylation sites is 1. The number of nitrogens with zero attached hydrogens (tertiary/aromatic N) is 6. The third-order valence-electron chi connectivity index (χ3n) is 5.31. The molecule has 1 amide bonds. The molecule has 1 aromatic carbocycles. The minimum Gasteiger partial charge on any atom is -0.337 e. The molecule has 0 bridgehead atoms. The van der Waals surface area contributed by atoms with E-state index < -0.39 is 0 Å². The zero-order valence-electron chi connectivity index (χ0n) is 17.8. The topological polar surface area (TPSA) is 60.9 Å². The molecule has 0 aliphatic carbocycles. The van der Waals surface area contributed by atoms with E-state index in [9.17, 15) is 4.79 Å². The van der Waals surface area contributed by atoms with Gasteiger partial charge in [0.15, 0.2) is 0 Å². The first kappa shape index (κ1) is 20.0. The van der Waals surface area contributed by atoms with Crippen LogP contribution >= 0.6 is 11.3 Å².